The minimum Gasteiger partial charge on any atom is -0.339 e. The van der Waals surface area contributed by atoms with E-state index in [9.17, 15) is 9.59 Å². The molecule has 2 saturated heterocycles. The maximum absolute atomic E-state index is 13.3. The predicted octanol–water partition coefficient (Wildman–Crippen LogP) is 5.12. The molecule has 2 aliphatic rings. The number of para-hydroxylation sites is 2. The molecule has 0 radical (unpaired) electrons. The van der Waals surface area contributed by atoms with E-state index in [-0.39, 0.29) is 17.7 Å². The first kappa shape index (κ1) is 26.0. The number of hydrogen-bond donors (Lipinski definition) is 0. The maximum Gasteiger partial charge on any atom is 0.255 e. The average molecular weight is 543 g/mol. The lowest BCUT2D eigenvalue weighted by Crippen LogP contribution is -2.53. The van der Waals surface area contributed by atoms with Gasteiger partial charge in [0.25, 0.3) is 5.91 Å². The third kappa shape index (κ3) is 5.49. The van der Waals surface area contributed by atoms with Crippen molar-refractivity contribution in [2.24, 2.45) is 5.92 Å². The van der Waals surface area contributed by atoms with E-state index in [4.69, 9.17) is 28.2 Å². The summed E-state index contributed by atoms with van der Waals surface area (Å²) in [5.74, 6) is 1.22. The number of hydrogen-bond acceptors (Lipinski definition) is 4. The number of rotatable bonds is 5. The molecular formula is C28H33Cl2N5O2. The van der Waals surface area contributed by atoms with Gasteiger partial charge in [0.05, 0.1) is 28.2 Å². The standard InChI is InChI=1S/C28H33Cl2N5O2/c1-19(2)35-25-6-4-3-5-24(25)31-26(35)18-32-11-9-20(10-12-32)27(36)33-13-15-34(16-14-33)28(37)22-8-7-21(29)17-23(22)30/h3-8,17,19-20H,9-16,18H2,1-2H3. The number of nitrogens with zero attached hydrogens (tertiary/aromatic N) is 5. The number of likely N-dealkylation sites (tertiary alicyclic amines) is 1. The van der Waals surface area contributed by atoms with E-state index in [1.807, 2.05) is 11.0 Å². The number of aromatic nitrogens is 2. The SMILES string of the molecule is CC(C)n1c(CN2CCC(C(=O)N3CCN(C(=O)c4ccc(Cl)cc4Cl)CC3)CC2)nc2ccccc21. The van der Waals surface area contributed by atoms with Gasteiger partial charge in [-0.2, -0.15) is 0 Å². The summed E-state index contributed by atoms with van der Waals surface area (Å²) in [6.07, 6.45) is 1.69. The minimum absolute atomic E-state index is 0.0353. The fourth-order valence-corrected chi connectivity index (χ4v) is 6.03. The van der Waals surface area contributed by atoms with E-state index < -0.39 is 0 Å². The van der Waals surface area contributed by atoms with Gasteiger partial charge in [-0.3, -0.25) is 14.5 Å². The van der Waals surface area contributed by atoms with Crippen molar-refractivity contribution in [3.8, 4) is 0 Å². The van der Waals surface area contributed by atoms with Crippen LogP contribution in [0.5, 0.6) is 0 Å². The molecule has 2 fully saturated rings. The van der Waals surface area contributed by atoms with Crippen molar-refractivity contribution in [3.63, 3.8) is 0 Å². The molecule has 0 bridgehead atoms. The number of carbonyl (C=O) groups is 2. The number of piperidine rings is 1. The Kier molecular flexibility index (Phi) is 7.75. The highest BCUT2D eigenvalue weighted by molar-refractivity contribution is 6.36. The molecule has 0 unspecified atom stereocenters. The summed E-state index contributed by atoms with van der Waals surface area (Å²) in [4.78, 5) is 37.2. The fourth-order valence-electron chi connectivity index (χ4n) is 5.54. The molecule has 3 aromatic rings. The van der Waals surface area contributed by atoms with Crippen LogP contribution in [-0.4, -0.2) is 75.3 Å². The molecule has 0 saturated carbocycles. The smallest absolute Gasteiger partial charge is 0.255 e. The molecule has 0 aliphatic carbocycles. The van der Waals surface area contributed by atoms with Crippen molar-refractivity contribution in [3.05, 3.63) is 63.9 Å². The molecule has 0 N–H and O–H groups in total. The van der Waals surface area contributed by atoms with Gasteiger partial charge in [-0.15, -0.1) is 0 Å². The molecule has 37 heavy (non-hydrogen) atoms. The van der Waals surface area contributed by atoms with E-state index in [1.165, 1.54) is 5.52 Å². The summed E-state index contributed by atoms with van der Waals surface area (Å²) in [7, 11) is 0. The van der Waals surface area contributed by atoms with Crippen LogP contribution in [-0.2, 0) is 11.3 Å². The number of carbonyl (C=O) groups excluding carboxylic acids is 2. The molecule has 0 atom stereocenters. The number of fused-ring (bicyclic) bond motifs is 1. The topological polar surface area (TPSA) is 61.7 Å². The van der Waals surface area contributed by atoms with Gasteiger partial charge in [0.2, 0.25) is 5.91 Å². The lowest BCUT2D eigenvalue weighted by atomic mass is 9.95. The van der Waals surface area contributed by atoms with E-state index in [1.54, 1.807) is 23.1 Å². The van der Waals surface area contributed by atoms with E-state index >= 15 is 0 Å². The molecule has 1 aromatic heterocycles. The summed E-state index contributed by atoms with van der Waals surface area (Å²) >= 11 is 12.2. The van der Waals surface area contributed by atoms with Gasteiger partial charge in [-0.05, 0) is 70.1 Å². The van der Waals surface area contributed by atoms with Gasteiger partial charge in [-0.1, -0.05) is 35.3 Å². The monoisotopic (exact) mass is 541 g/mol. The molecule has 3 heterocycles. The van der Waals surface area contributed by atoms with Crippen molar-refractivity contribution in [2.75, 3.05) is 39.3 Å². The normalized spacial score (nSPS) is 17.6. The largest absolute Gasteiger partial charge is 0.339 e. The van der Waals surface area contributed by atoms with Gasteiger partial charge in [0, 0.05) is 43.2 Å². The molecule has 0 spiro atoms. The van der Waals surface area contributed by atoms with Gasteiger partial charge < -0.3 is 14.4 Å². The van der Waals surface area contributed by atoms with Crippen LogP contribution in [0.1, 0.15) is 48.9 Å². The van der Waals surface area contributed by atoms with Crippen molar-refractivity contribution in [1.82, 2.24) is 24.3 Å². The number of imidazole rings is 1. The highest BCUT2D eigenvalue weighted by atomic mass is 35.5. The zero-order valence-corrected chi connectivity index (χ0v) is 22.9. The highest BCUT2D eigenvalue weighted by Crippen LogP contribution is 2.26. The summed E-state index contributed by atoms with van der Waals surface area (Å²) in [6, 6.07) is 13.5. The average Bonchev–Trinajstić information content (AvgIpc) is 3.26. The number of benzene rings is 2. The van der Waals surface area contributed by atoms with Crippen LogP contribution in [0.25, 0.3) is 11.0 Å². The Morgan fingerprint density at radius 3 is 2.30 bits per heavy atom. The first-order valence-corrected chi connectivity index (χ1v) is 13.8. The van der Waals surface area contributed by atoms with Gasteiger partial charge in [0.1, 0.15) is 5.82 Å². The van der Waals surface area contributed by atoms with Crippen LogP contribution in [0.2, 0.25) is 10.0 Å². The van der Waals surface area contributed by atoms with Crippen LogP contribution in [0.4, 0.5) is 0 Å². The van der Waals surface area contributed by atoms with Crippen LogP contribution in [0.15, 0.2) is 42.5 Å². The first-order chi connectivity index (χ1) is 17.8. The van der Waals surface area contributed by atoms with Crippen molar-refractivity contribution >= 4 is 46.0 Å². The van der Waals surface area contributed by atoms with E-state index in [0.29, 0.717) is 47.8 Å². The Morgan fingerprint density at radius 2 is 1.62 bits per heavy atom. The molecule has 196 valence electrons. The van der Waals surface area contributed by atoms with E-state index in [2.05, 4.69) is 41.5 Å². The molecule has 2 aliphatic heterocycles. The molecule has 5 rings (SSSR count). The zero-order valence-electron chi connectivity index (χ0n) is 21.4. The van der Waals surface area contributed by atoms with Crippen LogP contribution >= 0.6 is 23.2 Å². The second-order valence-electron chi connectivity index (χ2n) is 10.3. The lowest BCUT2D eigenvalue weighted by molar-refractivity contribution is -0.138. The molecule has 2 amide bonds. The van der Waals surface area contributed by atoms with Crippen molar-refractivity contribution in [2.45, 2.75) is 39.3 Å². The Labute approximate surface area is 227 Å². The van der Waals surface area contributed by atoms with Crippen LogP contribution in [0.3, 0.4) is 0 Å². The Balaban J connectivity index is 1.14. The number of piperazine rings is 1. The summed E-state index contributed by atoms with van der Waals surface area (Å²) in [5, 5.41) is 0.855. The van der Waals surface area contributed by atoms with Crippen molar-refractivity contribution < 1.29 is 9.59 Å². The van der Waals surface area contributed by atoms with E-state index in [0.717, 1.165) is 43.8 Å². The Hall–Kier alpha value is -2.61. The third-order valence-corrected chi connectivity index (χ3v) is 8.08. The fraction of sp³-hybridized carbons (Fsp3) is 0.464. The zero-order chi connectivity index (χ0) is 26.1. The molecule has 7 nitrogen and oxygen atoms in total. The van der Waals surface area contributed by atoms with Gasteiger partial charge in [0.15, 0.2) is 0 Å². The molecular weight excluding hydrogens is 509 g/mol. The summed E-state index contributed by atoms with van der Waals surface area (Å²) in [5.41, 5.74) is 2.66. The lowest BCUT2D eigenvalue weighted by Gasteiger charge is -2.38. The van der Waals surface area contributed by atoms with Crippen LogP contribution in [0, 0.1) is 5.92 Å². The van der Waals surface area contributed by atoms with Gasteiger partial charge >= 0.3 is 0 Å². The molecule has 9 heteroatoms. The number of amides is 2. The first-order valence-electron chi connectivity index (χ1n) is 13.0. The minimum atomic E-state index is -0.116. The van der Waals surface area contributed by atoms with Crippen LogP contribution < -0.4 is 0 Å². The third-order valence-electron chi connectivity index (χ3n) is 7.53. The summed E-state index contributed by atoms with van der Waals surface area (Å²) < 4.78 is 2.32. The summed E-state index contributed by atoms with van der Waals surface area (Å²) in [6.45, 7) is 9.06. The second-order valence-corrected chi connectivity index (χ2v) is 11.1. The Bertz CT molecular complexity index is 1290. The maximum atomic E-state index is 13.3. The second kappa shape index (κ2) is 11.0. The quantitative estimate of drug-likeness (QED) is 0.449. The van der Waals surface area contributed by atoms with Gasteiger partial charge in [-0.25, -0.2) is 4.98 Å². The van der Waals surface area contributed by atoms with Crippen molar-refractivity contribution in [1.29, 1.82) is 0 Å². The predicted molar refractivity (Wildman–Crippen MR) is 147 cm³/mol. The highest BCUT2D eigenvalue weighted by Gasteiger charge is 2.32. The molecule has 2 aromatic carbocycles. The Morgan fingerprint density at radius 1 is 0.946 bits per heavy atom. The number of halogens is 2.